The number of hydrogen-bond acceptors (Lipinski definition) is 6. The number of nitrogens with one attached hydrogen (secondary N) is 1. The van der Waals surface area contributed by atoms with E-state index in [4.69, 9.17) is 5.84 Å². The van der Waals surface area contributed by atoms with Gasteiger partial charge in [-0.15, -0.1) is 0 Å². The second kappa shape index (κ2) is 6.16. The number of nitrogens with zero attached hydrogens (tertiary/aromatic N) is 4. The lowest BCUT2D eigenvalue weighted by Crippen LogP contribution is -2.50. The van der Waals surface area contributed by atoms with Crippen LogP contribution in [0.4, 0.5) is 11.6 Å². The number of nitrogen functional groups attached to an aromatic ring is 1. The Hall–Kier alpha value is -1.40. The van der Waals surface area contributed by atoms with Gasteiger partial charge in [-0.25, -0.2) is 15.8 Å². The SMILES string of the molecule is CCC(C)N1CCN(c2ncnc(NN)c2C)CC1. The Kier molecular flexibility index (Phi) is 4.55. The Bertz CT molecular complexity index is 414. The Morgan fingerprint density at radius 1 is 1.32 bits per heavy atom. The van der Waals surface area contributed by atoms with Crippen LogP contribution in [0, 0.1) is 6.92 Å². The molecule has 106 valence electrons. The van der Waals surface area contributed by atoms with Gasteiger partial charge in [0, 0.05) is 37.8 Å². The van der Waals surface area contributed by atoms with E-state index in [2.05, 4.69) is 39.0 Å². The van der Waals surface area contributed by atoms with Gasteiger partial charge >= 0.3 is 0 Å². The van der Waals surface area contributed by atoms with E-state index in [9.17, 15) is 0 Å². The van der Waals surface area contributed by atoms with Crippen LogP contribution in [0.2, 0.25) is 0 Å². The number of piperazine rings is 1. The maximum Gasteiger partial charge on any atom is 0.148 e. The van der Waals surface area contributed by atoms with Crippen LogP contribution in [-0.2, 0) is 0 Å². The van der Waals surface area contributed by atoms with E-state index >= 15 is 0 Å². The van der Waals surface area contributed by atoms with Gasteiger partial charge in [-0.3, -0.25) is 4.90 Å². The van der Waals surface area contributed by atoms with Crippen LogP contribution in [0.25, 0.3) is 0 Å². The van der Waals surface area contributed by atoms with E-state index in [1.165, 1.54) is 6.42 Å². The first-order valence-corrected chi connectivity index (χ1v) is 6.94. The first kappa shape index (κ1) is 14.0. The number of rotatable bonds is 4. The molecular formula is C13H24N6. The molecule has 1 aliphatic heterocycles. The van der Waals surface area contributed by atoms with E-state index in [0.29, 0.717) is 11.9 Å². The maximum absolute atomic E-state index is 5.46. The third-order valence-electron chi connectivity index (χ3n) is 4.02. The van der Waals surface area contributed by atoms with Crippen molar-refractivity contribution in [2.75, 3.05) is 36.5 Å². The lowest BCUT2D eigenvalue weighted by molar-refractivity contribution is 0.192. The summed E-state index contributed by atoms with van der Waals surface area (Å²) in [5, 5.41) is 0. The fourth-order valence-electron chi connectivity index (χ4n) is 2.54. The summed E-state index contributed by atoms with van der Waals surface area (Å²) in [5.74, 6) is 7.16. The van der Waals surface area contributed by atoms with Gasteiger partial charge in [0.1, 0.15) is 18.0 Å². The van der Waals surface area contributed by atoms with Crippen molar-refractivity contribution in [2.24, 2.45) is 5.84 Å². The Morgan fingerprint density at radius 3 is 2.58 bits per heavy atom. The molecule has 0 amide bonds. The molecule has 0 radical (unpaired) electrons. The molecule has 0 saturated carbocycles. The molecule has 19 heavy (non-hydrogen) atoms. The summed E-state index contributed by atoms with van der Waals surface area (Å²) in [6.45, 7) is 10.7. The number of aromatic nitrogens is 2. The number of hydrazine groups is 1. The molecule has 1 fully saturated rings. The standard InChI is InChI=1S/C13H24N6/c1-4-10(2)18-5-7-19(8-6-18)13-11(3)12(17-14)15-9-16-13/h9-10H,4-8,14H2,1-3H3,(H,15,16,17). The molecule has 0 bridgehead atoms. The highest BCUT2D eigenvalue weighted by Crippen LogP contribution is 2.23. The van der Waals surface area contributed by atoms with Gasteiger partial charge in [0.2, 0.25) is 0 Å². The zero-order valence-electron chi connectivity index (χ0n) is 12.1. The van der Waals surface area contributed by atoms with Crippen molar-refractivity contribution in [2.45, 2.75) is 33.2 Å². The van der Waals surface area contributed by atoms with Gasteiger partial charge in [-0.1, -0.05) is 6.92 Å². The van der Waals surface area contributed by atoms with Gasteiger partial charge in [0.05, 0.1) is 0 Å². The van der Waals surface area contributed by atoms with Crippen molar-refractivity contribution in [3.8, 4) is 0 Å². The summed E-state index contributed by atoms with van der Waals surface area (Å²) < 4.78 is 0. The van der Waals surface area contributed by atoms with Gasteiger partial charge < -0.3 is 10.3 Å². The normalized spacial score (nSPS) is 18.4. The van der Waals surface area contributed by atoms with Crippen molar-refractivity contribution < 1.29 is 0 Å². The van der Waals surface area contributed by atoms with Crippen molar-refractivity contribution in [1.82, 2.24) is 14.9 Å². The molecule has 1 saturated heterocycles. The summed E-state index contributed by atoms with van der Waals surface area (Å²) in [6, 6.07) is 0.662. The van der Waals surface area contributed by atoms with Crippen LogP contribution in [-0.4, -0.2) is 47.1 Å². The van der Waals surface area contributed by atoms with Crippen LogP contribution in [0.5, 0.6) is 0 Å². The molecule has 3 N–H and O–H groups in total. The highest BCUT2D eigenvalue weighted by atomic mass is 15.3. The Morgan fingerprint density at radius 2 is 2.00 bits per heavy atom. The zero-order valence-corrected chi connectivity index (χ0v) is 12.1. The highest BCUT2D eigenvalue weighted by molar-refractivity contribution is 5.57. The summed E-state index contributed by atoms with van der Waals surface area (Å²) in [7, 11) is 0. The predicted octanol–water partition coefficient (Wildman–Crippen LogP) is 0.991. The van der Waals surface area contributed by atoms with Crippen LogP contribution < -0.4 is 16.2 Å². The summed E-state index contributed by atoms with van der Waals surface area (Å²) in [6.07, 6.45) is 2.77. The smallest absolute Gasteiger partial charge is 0.148 e. The van der Waals surface area contributed by atoms with E-state index in [0.717, 1.165) is 37.6 Å². The summed E-state index contributed by atoms with van der Waals surface area (Å²) in [5.41, 5.74) is 3.64. The number of hydrogen-bond donors (Lipinski definition) is 2. The lowest BCUT2D eigenvalue weighted by atomic mass is 10.2. The Balaban J connectivity index is 2.06. The van der Waals surface area contributed by atoms with E-state index in [1.54, 1.807) is 6.33 Å². The third kappa shape index (κ3) is 2.96. The average molecular weight is 264 g/mol. The second-order valence-corrected chi connectivity index (χ2v) is 5.10. The van der Waals surface area contributed by atoms with Crippen LogP contribution >= 0.6 is 0 Å². The first-order chi connectivity index (χ1) is 9.17. The number of nitrogens with two attached hydrogens (primary N) is 1. The second-order valence-electron chi connectivity index (χ2n) is 5.10. The van der Waals surface area contributed by atoms with Crippen LogP contribution in [0.1, 0.15) is 25.8 Å². The third-order valence-corrected chi connectivity index (χ3v) is 4.02. The van der Waals surface area contributed by atoms with E-state index < -0.39 is 0 Å². The van der Waals surface area contributed by atoms with Crippen LogP contribution in [0.3, 0.4) is 0 Å². The molecule has 2 heterocycles. The molecule has 0 aromatic carbocycles. The zero-order chi connectivity index (χ0) is 13.8. The summed E-state index contributed by atoms with van der Waals surface area (Å²) >= 11 is 0. The van der Waals surface area contributed by atoms with Crippen molar-refractivity contribution in [3.05, 3.63) is 11.9 Å². The first-order valence-electron chi connectivity index (χ1n) is 6.94. The van der Waals surface area contributed by atoms with Gasteiger partial charge in [0.15, 0.2) is 0 Å². The molecular weight excluding hydrogens is 240 g/mol. The fraction of sp³-hybridized carbons (Fsp3) is 0.692. The average Bonchev–Trinajstić information content (AvgIpc) is 2.47. The Labute approximate surface area is 115 Å². The van der Waals surface area contributed by atoms with E-state index in [1.807, 2.05) is 6.92 Å². The topological polar surface area (TPSA) is 70.3 Å². The lowest BCUT2D eigenvalue weighted by Gasteiger charge is -2.38. The number of anilines is 2. The van der Waals surface area contributed by atoms with Crippen molar-refractivity contribution in [3.63, 3.8) is 0 Å². The van der Waals surface area contributed by atoms with Crippen molar-refractivity contribution >= 4 is 11.6 Å². The fourth-order valence-corrected chi connectivity index (χ4v) is 2.54. The van der Waals surface area contributed by atoms with Crippen LogP contribution in [0.15, 0.2) is 6.33 Å². The molecule has 0 spiro atoms. The molecule has 1 aromatic rings. The quantitative estimate of drug-likeness (QED) is 0.624. The molecule has 1 aliphatic rings. The summed E-state index contributed by atoms with van der Waals surface area (Å²) in [4.78, 5) is 13.4. The minimum Gasteiger partial charge on any atom is -0.354 e. The minimum absolute atomic E-state index is 0.662. The molecule has 1 unspecified atom stereocenters. The molecule has 2 rings (SSSR count). The largest absolute Gasteiger partial charge is 0.354 e. The molecule has 1 atom stereocenters. The molecule has 6 heteroatoms. The van der Waals surface area contributed by atoms with Gasteiger partial charge in [-0.2, -0.15) is 0 Å². The monoisotopic (exact) mass is 264 g/mol. The van der Waals surface area contributed by atoms with Gasteiger partial charge in [-0.05, 0) is 20.3 Å². The molecule has 6 nitrogen and oxygen atoms in total. The highest BCUT2D eigenvalue weighted by Gasteiger charge is 2.22. The molecule has 0 aliphatic carbocycles. The maximum atomic E-state index is 5.46. The molecule has 1 aromatic heterocycles. The van der Waals surface area contributed by atoms with E-state index in [-0.39, 0.29) is 0 Å². The van der Waals surface area contributed by atoms with Crippen molar-refractivity contribution in [1.29, 1.82) is 0 Å². The van der Waals surface area contributed by atoms with Gasteiger partial charge in [0.25, 0.3) is 0 Å². The minimum atomic E-state index is 0.662. The predicted molar refractivity (Wildman–Crippen MR) is 78.1 cm³/mol.